The highest BCUT2D eigenvalue weighted by Gasteiger charge is 2.32. The molecule has 98 valence electrons. The highest BCUT2D eigenvalue weighted by Crippen LogP contribution is 2.47. The van der Waals surface area contributed by atoms with Crippen molar-refractivity contribution in [3.05, 3.63) is 65.3 Å². The second kappa shape index (κ2) is 4.85. The fraction of sp³-hybridized carbons (Fsp3) is 0.368. The lowest BCUT2D eigenvalue weighted by molar-refractivity contribution is 0.364. The van der Waals surface area contributed by atoms with E-state index in [0.29, 0.717) is 5.41 Å². The molecule has 1 aromatic carbocycles. The minimum atomic E-state index is 0.316. The Hall–Kier alpha value is -1.56. The average Bonchev–Trinajstić information content (AvgIpc) is 2.75. The van der Waals surface area contributed by atoms with Crippen LogP contribution in [0.15, 0.2) is 54.1 Å². The van der Waals surface area contributed by atoms with Gasteiger partial charge in [0.05, 0.1) is 0 Å². The maximum absolute atomic E-state index is 2.45. The van der Waals surface area contributed by atoms with E-state index >= 15 is 0 Å². The molecule has 2 aliphatic carbocycles. The van der Waals surface area contributed by atoms with Crippen molar-refractivity contribution in [2.24, 2.45) is 5.41 Å². The second-order valence-electron chi connectivity index (χ2n) is 5.93. The summed E-state index contributed by atoms with van der Waals surface area (Å²) in [7, 11) is 0. The van der Waals surface area contributed by atoms with Crippen molar-refractivity contribution >= 4 is 5.57 Å². The maximum Gasteiger partial charge on any atom is -0.00716 e. The Morgan fingerprint density at radius 2 is 2.05 bits per heavy atom. The van der Waals surface area contributed by atoms with Crippen molar-refractivity contribution < 1.29 is 0 Å². The molecule has 0 saturated heterocycles. The molecule has 1 unspecified atom stereocenters. The molecule has 0 amide bonds. The Morgan fingerprint density at radius 1 is 1.21 bits per heavy atom. The van der Waals surface area contributed by atoms with E-state index in [4.69, 9.17) is 0 Å². The molecule has 2 aliphatic rings. The quantitative estimate of drug-likeness (QED) is 0.633. The Kier molecular flexibility index (Phi) is 3.18. The second-order valence-corrected chi connectivity index (χ2v) is 5.93. The standard InChI is InChI=1S/C19H22/c1-3-19(2)14-13-15-9-7-8-10-16(15)17-11-5-4-6-12-18(17)19/h4-5,7-12H,3,6,13-14H2,1-2H3. The molecule has 0 nitrogen and oxygen atoms in total. The average molecular weight is 250 g/mol. The molecule has 19 heavy (non-hydrogen) atoms. The van der Waals surface area contributed by atoms with Crippen LogP contribution in [0.1, 0.15) is 44.2 Å². The number of aryl methyl sites for hydroxylation is 1. The molecule has 0 saturated carbocycles. The molecular weight excluding hydrogens is 228 g/mol. The zero-order chi connectivity index (χ0) is 13.3. The lowest BCUT2D eigenvalue weighted by Crippen LogP contribution is -2.18. The van der Waals surface area contributed by atoms with E-state index < -0.39 is 0 Å². The molecule has 0 radical (unpaired) electrons. The van der Waals surface area contributed by atoms with Gasteiger partial charge in [0.2, 0.25) is 0 Å². The summed E-state index contributed by atoms with van der Waals surface area (Å²) >= 11 is 0. The van der Waals surface area contributed by atoms with E-state index in [1.54, 1.807) is 5.57 Å². The highest BCUT2D eigenvalue weighted by atomic mass is 14.4. The topological polar surface area (TPSA) is 0 Å². The van der Waals surface area contributed by atoms with Gasteiger partial charge in [0.25, 0.3) is 0 Å². The van der Waals surface area contributed by atoms with Gasteiger partial charge in [-0.15, -0.1) is 0 Å². The Balaban J connectivity index is 2.22. The predicted octanol–water partition coefficient (Wildman–Crippen LogP) is 5.32. The van der Waals surface area contributed by atoms with Crippen molar-refractivity contribution in [1.82, 2.24) is 0 Å². The molecule has 3 rings (SSSR count). The van der Waals surface area contributed by atoms with Crippen LogP contribution in [0.4, 0.5) is 0 Å². The fourth-order valence-electron chi connectivity index (χ4n) is 3.35. The van der Waals surface area contributed by atoms with E-state index in [2.05, 4.69) is 62.4 Å². The monoisotopic (exact) mass is 250 g/mol. The van der Waals surface area contributed by atoms with Gasteiger partial charge in [-0.1, -0.05) is 62.4 Å². The number of benzene rings is 1. The Morgan fingerprint density at radius 3 is 2.89 bits per heavy atom. The third kappa shape index (κ3) is 2.10. The molecular formula is C19H22. The van der Waals surface area contributed by atoms with E-state index in [1.165, 1.54) is 36.0 Å². The van der Waals surface area contributed by atoms with Crippen LogP contribution in [0.3, 0.4) is 0 Å². The maximum atomic E-state index is 2.45. The fourth-order valence-corrected chi connectivity index (χ4v) is 3.35. The Bertz CT molecular complexity index is 571. The van der Waals surface area contributed by atoms with Crippen molar-refractivity contribution in [2.75, 3.05) is 0 Å². The smallest absolute Gasteiger partial charge is 0.00716 e. The highest BCUT2D eigenvalue weighted by molar-refractivity contribution is 5.84. The van der Waals surface area contributed by atoms with Gasteiger partial charge in [-0.05, 0) is 53.4 Å². The van der Waals surface area contributed by atoms with E-state index in [9.17, 15) is 0 Å². The first-order valence-electron chi connectivity index (χ1n) is 7.41. The predicted molar refractivity (Wildman–Crippen MR) is 83.0 cm³/mol. The minimum absolute atomic E-state index is 0.316. The molecule has 0 bridgehead atoms. The zero-order valence-electron chi connectivity index (χ0n) is 11.9. The van der Waals surface area contributed by atoms with Gasteiger partial charge < -0.3 is 0 Å². The van der Waals surface area contributed by atoms with E-state index in [-0.39, 0.29) is 0 Å². The van der Waals surface area contributed by atoms with Gasteiger partial charge >= 0.3 is 0 Å². The van der Waals surface area contributed by atoms with Gasteiger partial charge in [0.1, 0.15) is 0 Å². The largest absolute Gasteiger partial charge is 0.0807 e. The van der Waals surface area contributed by atoms with Crippen LogP contribution in [-0.2, 0) is 6.42 Å². The molecule has 0 heterocycles. The van der Waals surface area contributed by atoms with Crippen LogP contribution in [0, 0.1) is 5.41 Å². The number of allylic oxidation sites excluding steroid dienone is 6. The lowest BCUT2D eigenvalue weighted by Gasteiger charge is -2.31. The van der Waals surface area contributed by atoms with Crippen LogP contribution >= 0.6 is 0 Å². The molecule has 0 aliphatic heterocycles. The summed E-state index contributed by atoms with van der Waals surface area (Å²) in [5, 5.41) is 0. The van der Waals surface area contributed by atoms with Crippen molar-refractivity contribution in [3.63, 3.8) is 0 Å². The normalized spacial score (nSPS) is 25.6. The number of hydrogen-bond donors (Lipinski definition) is 0. The van der Waals surface area contributed by atoms with Crippen LogP contribution in [0.5, 0.6) is 0 Å². The summed E-state index contributed by atoms with van der Waals surface area (Å²) in [6.45, 7) is 4.76. The number of fused-ring (bicyclic) bond motifs is 3. The molecule has 0 fully saturated rings. The van der Waals surface area contributed by atoms with Gasteiger partial charge in [-0.2, -0.15) is 0 Å². The molecule has 1 aromatic rings. The third-order valence-electron chi connectivity index (χ3n) is 4.83. The van der Waals surface area contributed by atoms with E-state index in [0.717, 1.165) is 6.42 Å². The third-order valence-corrected chi connectivity index (χ3v) is 4.83. The SMILES string of the molecule is CCC1(C)CCc2ccccc2C2=CC=CCC=C21. The first kappa shape index (κ1) is 12.5. The zero-order valence-corrected chi connectivity index (χ0v) is 11.9. The first-order valence-corrected chi connectivity index (χ1v) is 7.41. The summed E-state index contributed by atoms with van der Waals surface area (Å²) in [6.07, 6.45) is 14.0. The lowest BCUT2D eigenvalue weighted by atomic mass is 9.73. The summed E-state index contributed by atoms with van der Waals surface area (Å²) in [6, 6.07) is 8.92. The molecule has 0 heteroatoms. The summed E-state index contributed by atoms with van der Waals surface area (Å²) in [5.74, 6) is 0. The summed E-state index contributed by atoms with van der Waals surface area (Å²) in [4.78, 5) is 0. The number of rotatable bonds is 1. The molecule has 0 aromatic heterocycles. The van der Waals surface area contributed by atoms with E-state index in [1.807, 2.05) is 0 Å². The van der Waals surface area contributed by atoms with Crippen molar-refractivity contribution in [3.8, 4) is 0 Å². The molecule has 0 N–H and O–H groups in total. The van der Waals surface area contributed by atoms with Crippen LogP contribution in [-0.4, -0.2) is 0 Å². The van der Waals surface area contributed by atoms with Gasteiger partial charge in [0.15, 0.2) is 0 Å². The molecule has 0 spiro atoms. The van der Waals surface area contributed by atoms with Gasteiger partial charge in [-0.3, -0.25) is 0 Å². The summed E-state index contributed by atoms with van der Waals surface area (Å²) < 4.78 is 0. The van der Waals surface area contributed by atoms with Crippen LogP contribution in [0.25, 0.3) is 5.57 Å². The summed E-state index contributed by atoms with van der Waals surface area (Å²) in [5.41, 5.74) is 6.28. The first-order chi connectivity index (χ1) is 9.24. The van der Waals surface area contributed by atoms with Crippen LogP contribution in [0.2, 0.25) is 0 Å². The van der Waals surface area contributed by atoms with Crippen molar-refractivity contribution in [2.45, 2.75) is 39.5 Å². The number of hydrogen-bond acceptors (Lipinski definition) is 0. The van der Waals surface area contributed by atoms with Gasteiger partial charge in [0, 0.05) is 0 Å². The van der Waals surface area contributed by atoms with Crippen LogP contribution < -0.4 is 0 Å². The van der Waals surface area contributed by atoms with Gasteiger partial charge in [-0.25, -0.2) is 0 Å². The Labute approximate surface area is 116 Å². The van der Waals surface area contributed by atoms with Crippen molar-refractivity contribution in [1.29, 1.82) is 0 Å². The minimum Gasteiger partial charge on any atom is -0.0807 e. The molecule has 1 atom stereocenters.